The van der Waals surface area contributed by atoms with Gasteiger partial charge < -0.3 is 76.8 Å². The monoisotopic (exact) mass is 1390 g/mol. The third-order valence-corrected chi connectivity index (χ3v) is 17.4. The number of aryl methyl sites for hydroxylation is 5. The van der Waals surface area contributed by atoms with Gasteiger partial charge in [-0.1, -0.05) is 0 Å². The number of carbonyl (C=O) groups excluding carboxylic acids is 3. The molecule has 0 spiro atoms. The molecule has 0 radical (unpaired) electrons. The number of carboxylic acid groups (broad SMARTS) is 1. The third-order valence-electron chi connectivity index (χ3n) is 17.4. The fraction of sp³-hybridized carbons (Fsp3) is 0.377. The first kappa shape index (κ1) is 75.9. The number of phenols is 1. The number of nitrogens with zero attached hydrogens (tertiary/aromatic N) is 6. The van der Waals surface area contributed by atoms with Gasteiger partial charge in [0.15, 0.2) is 21.7 Å². The summed E-state index contributed by atoms with van der Waals surface area (Å²) in [6.45, 7) is 25.2. The molecule has 24 heteroatoms. The average Bonchev–Trinajstić information content (AvgIpc) is 1.78. The van der Waals surface area contributed by atoms with E-state index in [1.807, 2.05) is 162 Å². The van der Waals surface area contributed by atoms with E-state index in [4.69, 9.17) is 33.2 Å². The molecule has 12 rings (SSSR count). The smallest absolute Gasteiger partial charge is 0.343 e. The van der Waals surface area contributed by atoms with Crippen LogP contribution in [-0.2, 0) is 14.2 Å². The predicted molar refractivity (Wildman–Crippen MR) is 389 cm³/mol. The van der Waals surface area contributed by atoms with Crippen molar-refractivity contribution in [2.45, 2.75) is 107 Å². The topological polar surface area (TPSA) is 280 Å². The first-order valence-corrected chi connectivity index (χ1v) is 33.4. The maximum absolute atomic E-state index is 12.5. The van der Waals surface area contributed by atoms with Crippen molar-refractivity contribution in [1.82, 2.24) is 23.6 Å². The van der Waals surface area contributed by atoms with Gasteiger partial charge in [0.1, 0.15) is 77.4 Å². The number of rotatable bonds is 9. The fourth-order valence-electron chi connectivity index (χ4n) is 12.0. The van der Waals surface area contributed by atoms with Crippen molar-refractivity contribution >= 4 is 35.3 Å². The molecule has 3 N–H and O–H groups in total. The van der Waals surface area contributed by atoms with E-state index in [1.54, 1.807) is 52.2 Å². The lowest BCUT2D eigenvalue weighted by molar-refractivity contribution is 0.0514. The third kappa shape index (κ3) is 16.6. The largest absolute Gasteiger partial charge is 0.508 e. The van der Waals surface area contributed by atoms with Crippen molar-refractivity contribution in [1.29, 1.82) is 0 Å². The lowest BCUT2D eigenvalue weighted by atomic mass is 10.0. The number of fused-ring (bicyclic) bond motifs is 12. The van der Waals surface area contributed by atoms with E-state index in [-0.39, 0.29) is 82.8 Å². The van der Waals surface area contributed by atoms with E-state index in [2.05, 4.69) is 5.32 Å². The molecule has 4 aromatic carbocycles. The Hall–Kier alpha value is -10.9. The van der Waals surface area contributed by atoms with Crippen molar-refractivity contribution < 1.29 is 62.5 Å². The van der Waals surface area contributed by atoms with Gasteiger partial charge in [-0.05, 0) is 155 Å². The Morgan fingerprint density at radius 1 is 0.426 bits per heavy atom. The number of phenolic OH excluding ortho intramolecular Hbond substituents is 1. The summed E-state index contributed by atoms with van der Waals surface area (Å²) in [6, 6.07) is 20.9. The van der Waals surface area contributed by atoms with Crippen LogP contribution in [0, 0.1) is 34.6 Å². The Morgan fingerprint density at radius 2 is 0.683 bits per heavy atom. The first-order chi connectivity index (χ1) is 47.9. The molecule has 0 saturated carbocycles. The number of benzene rings is 4. The van der Waals surface area contributed by atoms with Crippen molar-refractivity contribution in [3.8, 4) is 73.8 Å². The van der Waals surface area contributed by atoms with Crippen LogP contribution in [0.2, 0.25) is 0 Å². The van der Waals surface area contributed by atoms with Gasteiger partial charge in [0.25, 0.3) is 0 Å². The molecule has 0 fully saturated rings. The summed E-state index contributed by atoms with van der Waals surface area (Å²) in [4.78, 5) is 101. The van der Waals surface area contributed by atoms with E-state index >= 15 is 0 Å². The molecule has 4 aliphatic heterocycles. The predicted octanol–water partition coefficient (Wildman–Crippen LogP) is 11.3. The minimum Gasteiger partial charge on any atom is -0.508 e. The molecule has 0 bridgehead atoms. The van der Waals surface area contributed by atoms with Gasteiger partial charge in [-0.3, -0.25) is 19.2 Å². The summed E-state index contributed by atoms with van der Waals surface area (Å²) < 4.78 is 46.1. The minimum atomic E-state index is -1.22. The van der Waals surface area contributed by atoms with Crippen molar-refractivity contribution in [3.05, 3.63) is 189 Å². The Labute approximate surface area is 586 Å². The second-order valence-electron chi connectivity index (χ2n) is 25.6. The van der Waals surface area contributed by atoms with E-state index < -0.39 is 34.7 Å². The second-order valence-corrected chi connectivity index (χ2v) is 25.6. The van der Waals surface area contributed by atoms with Gasteiger partial charge in [-0.2, -0.15) is 0 Å². The first-order valence-electron chi connectivity index (χ1n) is 33.4. The highest BCUT2D eigenvalue weighted by Gasteiger charge is 2.29. The van der Waals surface area contributed by atoms with Gasteiger partial charge in [0, 0.05) is 129 Å². The van der Waals surface area contributed by atoms with Crippen LogP contribution in [-0.4, -0.2) is 141 Å². The Kier molecular flexibility index (Phi) is 24.4. The van der Waals surface area contributed by atoms with E-state index in [0.717, 1.165) is 73.2 Å². The number of anilines is 2. The highest BCUT2D eigenvalue weighted by atomic mass is 16.5. The van der Waals surface area contributed by atoms with Crippen LogP contribution in [0.25, 0.3) is 45.0 Å². The molecular weight excluding hydrogens is 1290 g/mol. The minimum absolute atomic E-state index is 0.00593. The number of pyridine rings is 4. The van der Waals surface area contributed by atoms with Crippen LogP contribution in [0.3, 0.4) is 0 Å². The summed E-state index contributed by atoms with van der Waals surface area (Å²) in [5, 5.41) is 21.9. The molecule has 101 heavy (non-hydrogen) atoms. The zero-order chi connectivity index (χ0) is 74.2. The number of hydrogen-bond donors (Lipinski definition) is 3. The maximum Gasteiger partial charge on any atom is 0.343 e. The molecule has 8 heterocycles. The van der Waals surface area contributed by atoms with Crippen LogP contribution >= 0.6 is 0 Å². The quantitative estimate of drug-likeness (QED) is 0.0894. The summed E-state index contributed by atoms with van der Waals surface area (Å²) in [7, 11) is 11.6. The van der Waals surface area contributed by atoms with E-state index in [1.165, 1.54) is 36.7 Å². The maximum atomic E-state index is 12.5. The molecule has 0 amide bonds. The van der Waals surface area contributed by atoms with Gasteiger partial charge in [-0.15, -0.1) is 0 Å². The highest BCUT2D eigenvalue weighted by Crippen LogP contribution is 2.43. The zero-order valence-corrected chi connectivity index (χ0v) is 60.7. The average molecular weight is 1390 g/mol. The van der Waals surface area contributed by atoms with Gasteiger partial charge >= 0.3 is 23.9 Å². The molecule has 4 aromatic heterocycles. The SMILES string of the molecule is CCOC(=O)c1cn2c(cc1=O)-c1cc(C)c(C)cc1OC[C@H]2C.CCOC(=O)c1cn2c(cc1=O)-c1cc(C)c(N(C)C)cc1OC[C@H]2C.CCOC(=O)c1cn2c(cc1=O)-c1cc(C)c(O)cc1OC[C@H]2C.CNC.Cc1cc2c(cc1N(C)C)OC[C@@H](C)n1cc(C(=O)O)c(=O)cc1-2. The van der Waals surface area contributed by atoms with Crippen molar-refractivity contribution in [2.75, 3.05) is 98.3 Å². The molecule has 4 aliphatic rings. The molecule has 536 valence electrons. The Balaban J connectivity index is 0.000000169. The Bertz CT molecular complexity index is 4590. The molecule has 0 saturated heterocycles. The van der Waals surface area contributed by atoms with Crippen molar-refractivity contribution in [2.24, 2.45) is 0 Å². The number of hydrogen-bond acceptors (Lipinski definition) is 19. The number of aromatic hydroxyl groups is 1. The van der Waals surface area contributed by atoms with Crippen LogP contribution in [0.5, 0.6) is 28.7 Å². The van der Waals surface area contributed by atoms with Crippen LogP contribution < -0.4 is 55.8 Å². The summed E-state index contributed by atoms with van der Waals surface area (Å²) >= 11 is 0. The second kappa shape index (κ2) is 32.4. The lowest BCUT2D eigenvalue weighted by Crippen LogP contribution is -2.22. The number of aromatic carboxylic acids is 1. The molecule has 4 atom stereocenters. The Morgan fingerprint density at radius 3 is 0.980 bits per heavy atom. The van der Waals surface area contributed by atoms with Crippen LogP contribution in [0.15, 0.2) is 117 Å². The standard InChI is InChI=1S/C20H24N2O4.C19H21NO4.C18H20N2O4.C18H19NO5.C2H7N/c1-6-25-20(24)15-10-22-13(3)11-26-19-9-16(21(4)5)12(2)7-14(19)17(22)8-18(15)23;1-5-23-19(22)15-9-20-13(4)10-24-18-7-12(3)11(2)6-14(18)16(20)8-17(15)21;1-10-5-12-15-6-16(21)13(18(22)23)8-20(15)11(2)9-24-17(12)7-14(10)19(3)4;1-4-23-18(22)13-8-19-11(3)9-24-17-7-15(20)10(2)5-12(17)14(19)6-16(13)21;1-3-2/h7-10,13H,6,11H2,1-5H3;6-9,13H,5,10H2,1-4H3;5-8,11H,9H2,1-4H3,(H,22,23);5-8,11,20H,4,9H2,1-3H3;3H,1-2H3/t2*13-;2*11-;/m1111./s1. The lowest BCUT2D eigenvalue weighted by Gasteiger charge is -2.19. The normalized spacial score (nSPS) is 15.3. The van der Waals surface area contributed by atoms with Gasteiger partial charge in [-0.25, -0.2) is 19.2 Å². The molecule has 0 unspecified atom stereocenters. The molecular formula is C77H91N7O17. The number of ether oxygens (including phenoxy) is 7. The summed E-state index contributed by atoms with van der Waals surface area (Å²) in [5.41, 5.74) is 11.6. The van der Waals surface area contributed by atoms with Gasteiger partial charge in [0.05, 0.1) is 66.8 Å². The molecule has 8 aromatic rings. The zero-order valence-electron chi connectivity index (χ0n) is 60.7. The van der Waals surface area contributed by atoms with Gasteiger partial charge in [0.2, 0.25) is 0 Å². The number of nitrogens with one attached hydrogen (secondary N) is 1. The van der Waals surface area contributed by atoms with E-state index in [0.29, 0.717) is 60.4 Å². The number of aromatic nitrogens is 4. The molecule has 24 nitrogen and oxygen atoms in total. The van der Waals surface area contributed by atoms with Crippen LogP contribution in [0.1, 0.15) is 142 Å². The van der Waals surface area contributed by atoms with Crippen molar-refractivity contribution in [3.63, 3.8) is 0 Å². The number of carboxylic acids is 1. The van der Waals surface area contributed by atoms with Crippen LogP contribution in [0.4, 0.5) is 11.4 Å². The number of esters is 3. The summed E-state index contributed by atoms with van der Waals surface area (Å²) in [6.07, 6.45) is 6.13. The summed E-state index contributed by atoms with van der Waals surface area (Å²) in [5.74, 6) is -0.172. The van der Waals surface area contributed by atoms with E-state index in [9.17, 15) is 48.6 Å². The highest BCUT2D eigenvalue weighted by molar-refractivity contribution is 5.92. The molecule has 0 aliphatic carbocycles. The number of carbonyl (C=O) groups is 4. The fourth-order valence-corrected chi connectivity index (χ4v) is 12.0.